The number of carbonyl (C=O) groups excluding carboxylic acids is 1. The second-order valence-electron chi connectivity index (χ2n) is 6.47. The van der Waals surface area contributed by atoms with Gasteiger partial charge in [0.2, 0.25) is 10.0 Å². The first-order valence-corrected chi connectivity index (χ1v) is 11.2. The molecule has 1 aliphatic heterocycles. The van der Waals surface area contributed by atoms with Crippen LogP contribution in [0.3, 0.4) is 0 Å². The fourth-order valence-electron chi connectivity index (χ4n) is 2.74. The highest BCUT2D eigenvalue weighted by Crippen LogP contribution is 2.18. The molecule has 164 valence electrons. The number of nitrogens with one attached hydrogen (secondary N) is 3. The fourth-order valence-corrected chi connectivity index (χ4v) is 4.30. The van der Waals surface area contributed by atoms with E-state index in [-0.39, 0.29) is 15.7 Å². The van der Waals surface area contributed by atoms with Crippen LogP contribution < -0.4 is 16.2 Å². The predicted molar refractivity (Wildman–Crippen MR) is 119 cm³/mol. The average molecular weight is 465 g/mol. The number of anilines is 1. The zero-order chi connectivity index (χ0) is 22.3. The van der Waals surface area contributed by atoms with Crippen molar-refractivity contribution in [1.82, 2.24) is 15.2 Å². The van der Waals surface area contributed by atoms with Crippen molar-refractivity contribution >= 4 is 45.0 Å². The molecule has 1 saturated heterocycles. The van der Waals surface area contributed by atoms with Gasteiger partial charge in [0.15, 0.2) is 5.11 Å². The Balaban J connectivity index is 1.51. The number of hydrogen-bond donors (Lipinski definition) is 3. The number of ether oxygens (including phenoxy) is 1. The third-order valence-electron chi connectivity index (χ3n) is 4.34. The van der Waals surface area contributed by atoms with Crippen LogP contribution >= 0.6 is 12.2 Å². The summed E-state index contributed by atoms with van der Waals surface area (Å²) in [5.41, 5.74) is 5.64. The van der Waals surface area contributed by atoms with E-state index in [0.29, 0.717) is 31.9 Å². The molecule has 2 aromatic rings. The number of amides is 1. The van der Waals surface area contributed by atoms with Crippen molar-refractivity contribution in [3.05, 3.63) is 66.0 Å². The van der Waals surface area contributed by atoms with Crippen molar-refractivity contribution in [2.24, 2.45) is 0 Å². The van der Waals surface area contributed by atoms with Gasteiger partial charge in [-0.15, -0.1) is 0 Å². The molecular weight excluding hydrogens is 443 g/mol. The Morgan fingerprint density at radius 1 is 1.06 bits per heavy atom. The fraction of sp³-hybridized carbons (Fsp3) is 0.200. The van der Waals surface area contributed by atoms with Crippen LogP contribution in [0.2, 0.25) is 0 Å². The van der Waals surface area contributed by atoms with E-state index in [4.69, 9.17) is 17.0 Å². The standard InChI is InChI=1S/C20H21FN4O4S2/c21-17-3-1-2-4-18(17)22-20(30)24-23-19(26)10-7-15-5-8-16(9-6-15)31(27,28)25-11-13-29-14-12-25/h1-10H,11-14H2,(H,23,26)(H2,22,24,30)/b10-7+. The van der Waals surface area contributed by atoms with Gasteiger partial charge in [-0.05, 0) is 48.1 Å². The molecule has 3 rings (SSSR count). The lowest BCUT2D eigenvalue weighted by Crippen LogP contribution is -2.43. The van der Waals surface area contributed by atoms with E-state index in [1.165, 1.54) is 40.7 Å². The van der Waals surface area contributed by atoms with Gasteiger partial charge in [-0.1, -0.05) is 24.3 Å². The molecule has 0 saturated carbocycles. The Labute approximate surface area is 185 Å². The van der Waals surface area contributed by atoms with Crippen molar-refractivity contribution in [2.75, 3.05) is 31.6 Å². The van der Waals surface area contributed by atoms with Gasteiger partial charge in [-0.3, -0.25) is 15.6 Å². The zero-order valence-electron chi connectivity index (χ0n) is 16.4. The average Bonchev–Trinajstić information content (AvgIpc) is 2.79. The van der Waals surface area contributed by atoms with Crippen molar-refractivity contribution in [3.63, 3.8) is 0 Å². The number of carbonyl (C=O) groups is 1. The smallest absolute Gasteiger partial charge is 0.262 e. The number of thiocarbonyl (C=S) groups is 1. The Hall–Kier alpha value is -2.86. The highest BCUT2D eigenvalue weighted by Gasteiger charge is 2.25. The largest absolute Gasteiger partial charge is 0.379 e. The summed E-state index contributed by atoms with van der Waals surface area (Å²) < 4.78 is 45.4. The molecule has 11 heteroatoms. The first-order valence-electron chi connectivity index (χ1n) is 9.34. The van der Waals surface area contributed by atoms with Crippen LogP contribution in [0.15, 0.2) is 59.5 Å². The molecule has 0 spiro atoms. The molecular formula is C20H21FN4O4S2. The van der Waals surface area contributed by atoms with Crippen molar-refractivity contribution in [3.8, 4) is 0 Å². The number of para-hydroxylation sites is 1. The summed E-state index contributed by atoms with van der Waals surface area (Å²) in [4.78, 5) is 12.1. The number of sulfonamides is 1. The lowest BCUT2D eigenvalue weighted by atomic mass is 10.2. The molecule has 8 nitrogen and oxygen atoms in total. The SMILES string of the molecule is O=C(/C=C/c1ccc(S(=O)(=O)N2CCOCC2)cc1)NNC(=S)Nc1ccccc1F. The minimum Gasteiger partial charge on any atom is -0.379 e. The number of hydrazine groups is 1. The predicted octanol–water partition coefficient (Wildman–Crippen LogP) is 1.88. The van der Waals surface area contributed by atoms with E-state index in [1.54, 1.807) is 24.3 Å². The van der Waals surface area contributed by atoms with E-state index in [2.05, 4.69) is 16.2 Å². The third-order valence-corrected chi connectivity index (χ3v) is 6.45. The molecule has 0 radical (unpaired) electrons. The maximum Gasteiger partial charge on any atom is 0.262 e. The molecule has 1 heterocycles. The van der Waals surface area contributed by atoms with Gasteiger partial charge in [-0.2, -0.15) is 4.31 Å². The minimum absolute atomic E-state index is 0.0181. The maximum absolute atomic E-state index is 13.6. The lowest BCUT2D eigenvalue weighted by molar-refractivity contribution is -0.116. The summed E-state index contributed by atoms with van der Waals surface area (Å²) in [6, 6.07) is 12.2. The van der Waals surface area contributed by atoms with Crippen LogP contribution in [0.25, 0.3) is 6.08 Å². The van der Waals surface area contributed by atoms with Gasteiger partial charge in [0.25, 0.3) is 5.91 Å². The molecule has 0 atom stereocenters. The van der Waals surface area contributed by atoms with Gasteiger partial charge in [-0.25, -0.2) is 12.8 Å². The molecule has 0 bridgehead atoms. The van der Waals surface area contributed by atoms with Crippen molar-refractivity contribution in [1.29, 1.82) is 0 Å². The van der Waals surface area contributed by atoms with E-state index in [0.717, 1.165) is 0 Å². The highest BCUT2D eigenvalue weighted by molar-refractivity contribution is 7.89. The Bertz CT molecular complexity index is 1070. The number of nitrogens with zero attached hydrogens (tertiary/aromatic N) is 1. The summed E-state index contributed by atoms with van der Waals surface area (Å²) in [6.45, 7) is 1.40. The lowest BCUT2D eigenvalue weighted by Gasteiger charge is -2.26. The van der Waals surface area contributed by atoms with Crippen LogP contribution in [0.5, 0.6) is 0 Å². The number of benzene rings is 2. The Morgan fingerprint density at radius 2 is 1.74 bits per heavy atom. The number of halogens is 1. The van der Waals surface area contributed by atoms with E-state index < -0.39 is 21.7 Å². The topological polar surface area (TPSA) is 99.8 Å². The van der Waals surface area contributed by atoms with E-state index in [9.17, 15) is 17.6 Å². The molecule has 0 aliphatic carbocycles. The van der Waals surface area contributed by atoms with Crippen LogP contribution in [-0.2, 0) is 19.6 Å². The zero-order valence-corrected chi connectivity index (χ0v) is 18.0. The summed E-state index contributed by atoms with van der Waals surface area (Å²) >= 11 is 5.00. The van der Waals surface area contributed by atoms with Gasteiger partial charge in [0.1, 0.15) is 5.82 Å². The second-order valence-corrected chi connectivity index (χ2v) is 8.81. The van der Waals surface area contributed by atoms with Gasteiger partial charge < -0.3 is 10.1 Å². The maximum atomic E-state index is 13.6. The van der Waals surface area contributed by atoms with Crippen LogP contribution in [0, 0.1) is 5.82 Å². The summed E-state index contributed by atoms with van der Waals surface area (Å²) in [5.74, 6) is -0.973. The molecule has 2 aromatic carbocycles. The Morgan fingerprint density at radius 3 is 2.42 bits per heavy atom. The summed E-state index contributed by atoms with van der Waals surface area (Å²) in [7, 11) is -3.57. The van der Waals surface area contributed by atoms with Gasteiger partial charge in [0.05, 0.1) is 23.8 Å². The van der Waals surface area contributed by atoms with Crippen LogP contribution in [0.1, 0.15) is 5.56 Å². The van der Waals surface area contributed by atoms with Crippen molar-refractivity contribution in [2.45, 2.75) is 4.90 Å². The summed E-state index contributed by atoms with van der Waals surface area (Å²) in [5, 5.41) is 2.64. The monoisotopic (exact) mass is 464 g/mol. The van der Waals surface area contributed by atoms with Crippen LogP contribution in [-0.4, -0.2) is 50.0 Å². The second kappa shape index (κ2) is 10.4. The number of rotatable bonds is 5. The minimum atomic E-state index is -3.57. The molecule has 0 aromatic heterocycles. The molecule has 0 unspecified atom stereocenters. The van der Waals surface area contributed by atoms with E-state index >= 15 is 0 Å². The molecule has 1 amide bonds. The molecule has 1 aliphatic rings. The Kier molecular flexibility index (Phi) is 7.69. The third kappa shape index (κ3) is 6.31. The molecule has 3 N–H and O–H groups in total. The highest BCUT2D eigenvalue weighted by atomic mass is 32.2. The molecule has 1 fully saturated rings. The quantitative estimate of drug-likeness (QED) is 0.353. The normalized spacial score (nSPS) is 14.9. The van der Waals surface area contributed by atoms with Gasteiger partial charge in [0, 0.05) is 19.2 Å². The first-order chi connectivity index (χ1) is 14.9. The van der Waals surface area contributed by atoms with Crippen LogP contribution in [0.4, 0.5) is 10.1 Å². The first kappa shape index (κ1) is 22.8. The number of hydrogen-bond acceptors (Lipinski definition) is 5. The molecule has 31 heavy (non-hydrogen) atoms. The van der Waals surface area contributed by atoms with Gasteiger partial charge >= 0.3 is 0 Å². The number of morpholine rings is 1. The summed E-state index contributed by atoms with van der Waals surface area (Å²) in [6.07, 6.45) is 2.78. The van der Waals surface area contributed by atoms with Crippen molar-refractivity contribution < 1.29 is 22.3 Å². The van der Waals surface area contributed by atoms with E-state index in [1.807, 2.05) is 0 Å².